The lowest BCUT2D eigenvalue weighted by atomic mass is 10.0. The van der Waals surface area contributed by atoms with E-state index in [1.165, 1.54) is 18.4 Å². The molecule has 1 saturated carbocycles. The molecule has 3 rings (SSSR count). The topological polar surface area (TPSA) is 49.3 Å². The highest BCUT2D eigenvalue weighted by atomic mass is 35.5. The summed E-state index contributed by atoms with van der Waals surface area (Å²) in [6.07, 6.45) is 2.47. The number of anilines is 1. The zero-order valence-corrected chi connectivity index (χ0v) is 12.2. The Kier molecular flexibility index (Phi) is 3.84. The third-order valence-corrected chi connectivity index (χ3v) is 4.07. The maximum absolute atomic E-state index is 11.5. The van der Waals surface area contributed by atoms with Crippen LogP contribution in [0.4, 0.5) is 5.69 Å². The van der Waals surface area contributed by atoms with Crippen LogP contribution < -0.4 is 5.32 Å². The number of para-hydroxylation sites is 1. The summed E-state index contributed by atoms with van der Waals surface area (Å²) < 4.78 is 0. The summed E-state index contributed by atoms with van der Waals surface area (Å²) in [7, 11) is 0. The average molecular weight is 302 g/mol. The summed E-state index contributed by atoms with van der Waals surface area (Å²) >= 11 is 6.08. The second kappa shape index (κ2) is 5.78. The molecule has 1 atom stereocenters. The van der Waals surface area contributed by atoms with Crippen molar-refractivity contribution in [2.75, 3.05) is 5.32 Å². The van der Waals surface area contributed by atoms with Gasteiger partial charge in [-0.3, -0.25) is 0 Å². The summed E-state index contributed by atoms with van der Waals surface area (Å²) in [6.45, 7) is 0. The third kappa shape index (κ3) is 3.19. The minimum absolute atomic E-state index is 0.512. The highest BCUT2D eigenvalue weighted by molar-refractivity contribution is 6.33. The van der Waals surface area contributed by atoms with Gasteiger partial charge in [0.15, 0.2) is 6.04 Å². The van der Waals surface area contributed by atoms with Gasteiger partial charge in [0.05, 0.1) is 10.7 Å². The number of carboxylic acid groups (broad SMARTS) is 1. The highest BCUT2D eigenvalue weighted by Crippen LogP contribution is 2.40. The van der Waals surface area contributed by atoms with Crippen LogP contribution in [0.2, 0.25) is 5.02 Å². The minimum Gasteiger partial charge on any atom is -0.479 e. The lowest BCUT2D eigenvalue weighted by Crippen LogP contribution is -2.20. The second-order valence-electron chi connectivity index (χ2n) is 5.34. The number of carboxylic acids is 1. The van der Waals surface area contributed by atoms with Gasteiger partial charge in [-0.25, -0.2) is 4.79 Å². The molecule has 1 aliphatic rings. The monoisotopic (exact) mass is 301 g/mol. The van der Waals surface area contributed by atoms with E-state index in [4.69, 9.17) is 11.6 Å². The summed E-state index contributed by atoms with van der Waals surface area (Å²) in [5.74, 6) is -0.257. The first kappa shape index (κ1) is 14.0. The van der Waals surface area contributed by atoms with Crippen molar-refractivity contribution in [1.29, 1.82) is 0 Å². The predicted molar refractivity (Wildman–Crippen MR) is 83.9 cm³/mol. The van der Waals surface area contributed by atoms with Gasteiger partial charge in [0.1, 0.15) is 0 Å². The smallest absolute Gasteiger partial charge is 0.330 e. The van der Waals surface area contributed by atoms with E-state index in [0.29, 0.717) is 16.6 Å². The molecule has 0 amide bonds. The van der Waals surface area contributed by atoms with Gasteiger partial charge in [-0.05, 0) is 42.0 Å². The maximum atomic E-state index is 11.5. The average Bonchev–Trinajstić information content (AvgIpc) is 3.31. The van der Waals surface area contributed by atoms with E-state index in [-0.39, 0.29) is 0 Å². The SMILES string of the molecule is O=C(O)C(Nc1ccccc1Cl)c1ccc(C2CC2)cc1. The van der Waals surface area contributed by atoms with Crippen LogP contribution in [-0.4, -0.2) is 11.1 Å². The van der Waals surface area contributed by atoms with Crippen LogP contribution in [-0.2, 0) is 4.79 Å². The number of hydrogen-bond donors (Lipinski definition) is 2. The van der Waals surface area contributed by atoms with Crippen molar-refractivity contribution >= 4 is 23.3 Å². The van der Waals surface area contributed by atoms with Crippen LogP contribution in [0.25, 0.3) is 0 Å². The Balaban J connectivity index is 1.83. The Morgan fingerprint density at radius 2 is 1.81 bits per heavy atom. The molecule has 108 valence electrons. The molecule has 2 aromatic rings. The van der Waals surface area contributed by atoms with E-state index in [0.717, 1.165) is 5.56 Å². The number of halogens is 1. The third-order valence-electron chi connectivity index (χ3n) is 3.74. The summed E-state index contributed by atoms with van der Waals surface area (Å²) in [4.78, 5) is 11.5. The quantitative estimate of drug-likeness (QED) is 0.857. The Morgan fingerprint density at radius 1 is 1.14 bits per heavy atom. The first-order valence-electron chi connectivity index (χ1n) is 6.99. The highest BCUT2D eigenvalue weighted by Gasteiger charge is 2.25. The number of rotatable bonds is 5. The fourth-order valence-corrected chi connectivity index (χ4v) is 2.59. The Labute approximate surface area is 128 Å². The van der Waals surface area contributed by atoms with Crippen molar-refractivity contribution in [3.8, 4) is 0 Å². The van der Waals surface area contributed by atoms with Gasteiger partial charge >= 0.3 is 5.97 Å². The molecule has 0 bridgehead atoms. The number of aliphatic carboxylic acids is 1. The van der Waals surface area contributed by atoms with Gasteiger partial charge in [0, 0.05) is 0 Å². The van der Waals surface area contributed by atoms with Crippen molar-refractivity contribution in [2.45, 2.75) is 24.8 Å². The number of hydrogen-bond acceptors (Lipinski definition) is 2. The van der Waals surface area contributed by atoms with Crippen LogP contribution >= 0.6 is 11.6 Å². The van der Waals surface area contributed by atoms with Gasteiger partial charge in [0.2, 0.25) is 0 Å². The molecular formula is C17H16ClNO2. The molecule has 3 nitrogen and oxygen atoms in total. The van der Waals surface area contributed by atoms with Crippen LogP contribution in [0.5, 0.6) is 0 Å². The van der Waals surface area contributed by atoms with Gasteiger partial charge in [-0.1, -0.05) is 48.0 Å². The molecule has 0 heterocycles. The lowest BCUT2D eigenvalue weighted by Gasteiger charge is -2.17. The molecule has 0 aliphatic heterocycles. The molecule has 0 aromatic heterocycles. The van der Waals surface area contributed by atoms with E-state index >= 15 is 0 Å². The zero-order valence-electron chi connectivity index (χ0n) is 11.4. The molecule has 2 aromatic carbocycles. The zero-order chi connectivity index (χ0) is 14.8. The first-order valence-corrected chi connectivity index (χ1v) is 7.36. The van der Waals surface area contributed by atoms with Crippen molar-refractivity contribution < 1.29 is 9.90 Å². The molecule has 1 unspecified atom stereocenters. The van der Waals surface area contributed by atoms with Crippen molar-refractivity contribution in [3.63, 3.8) is 0 Å². The lowest BCUT2D eigenvalue weighted by molar-refractivity contribution is -0.138. The van der Waals surface area contributed by atoms with Gasteiger partial charge < -0.3 is 10.4 Å². The van der Waals surface area contributed by atoms with Crippen molar-refractivity contribution in [1.82, 2.24) is 0 Å². The Hall–Kier alpha value is -2.00. The van der Waals surface area contributed by atoms with Gasteiger partial charge in [-0.2, -0.15) is 0 Å². The molecule has 4 heteroatoms. The molecule has 21 heavy (non-hydrogen) atoms. The van der Waals surface area contributed by atoms with E-state index in [9.17, 15) is 9.90 Å². The Morgan fingerprint density at radius 3 is 2.38 bits per heavy atom. The fourth-order valence-electron chi connectivity index (χ4n) is 2.40. The second-order valence-corrected chi connectivity index (χ2v) is 5.74. The molecular weight excluding hydrogens is 286 g/mol. The molecule has 1 aliphatic carbocycles. The van der Waals surface area contributed by atoms with Gasteiger partial charge in [0.25, 0.3) is 0 Å². The van der Waals surface area contributed by atoms with Gasteiger partial charge in [-0.15, -0.1) is 0 Å². The van der Waals surface area contributed by atoms with E-state index in [1.807, 2.05) is 36.4 Å². The number of nitrogens with one attached hydrogen (secondary N) is 1. The minimum atomic E-state index is -0.922. The Bertz CT molecular complexity index is 650. The van der Waals surface area contributed by atoms with Crippen molar-refractivity contribution in [2.24, 2.45) is 0 Å². The molecule has 0 saturated heterocycles. The predicted octanol–water partition coefficient (Wildman–Crippen LogP) is 4.46. The normalized spacial score (nSPS) is 15.5. The van der Waals surface area contributed by atoms with E-state index in [2.05, 4.69) is 5.32 Å². The summed E-state index contributed by atoms with van der Waals surface area (Å²) in [5.41, 5.74) is 2.64. The van der Waals surface area contributed by atoms with Crippen molar-refractivity contribution in [3.05, 3.63) is 64.7 Å². The molecule has 1 fully saturated rings. The van der Waals surface area contributed by atoms with Crippen LogP contribution in [0.1, 0.15) is 35.9 Å². The standard InChI is InChI=1S/C17H16ClNO2/c18-14-3-1-2-4-15(14)19-16(17(20)21)13-9-7-12(8-10-13)11-5-6-11/h1-4,7-11,16,19H,5-6H2,(H,20,21). The summed E-state index contributed by atoms with van der Waals surface area (Å²) in [5, 5.41) is 13.0. The van der Waals surface area contributed by atoms with Crippen LogP contribution in [0, 0.1) is 0 Å². The van der Waals surface area contributed by atoms with E-state index in [1.54, 1.807) is 12.1 Å². The largest absolute Gasteiger partial charge is 0.479 e. The van der Waals surface area contributed by atoms with Crippen LogP contribution in [0.15, 0.2) is 48.5 Å². The van der Waals surface area contributed by atoms with Crippen LogP contribution in [0.3, 0.4) is 0 Å². The van der Waals surface area contributed by atoms with E-state index < -0.39 is 12.0 Å². The number of carbonyl (C=O) groups is 1. The number of benzene rings is 2. The summed E-state index contributed by atoms with van der Waals surface area (Å²) in [6, 6.07) is 14.2. The first-order chi connectivity index (χ1) is 10.1. The molecule has 0 spiro atoms. The fraction of sp³-hybridized carbons (Fsp3) is 0.235. The molecule has 0 radical (unpaired) electrons. The maximum Gasteiger partial charge on any atom is 0.330 e. The molecule has 2 N–H and O–H groups in total.